The highest BCUT2D eigenvalue weighted by molar-refractivity contribution is 5.81. The fourth-order valence-corrected chi connectivity index (χ4v) is 3.92. The summed E-state index contributed by atoms with van der Waals surface area (Å²) in [5.41, 5.74) is 1.28. The normalized spacial score (nSPS) is 22.0. The molecule has 1 aliphatic heterocycles. The van der Waals surface area contributed by atoms with Crippen LogP contribution in [0.3, 0.4) is 0 Å². The van der Waals surface area contributed by atoms with E-state index in [2.05, 4.69) is 52.4 Å². The second kappa shape index (κ2) is 8.52. The fourth-order valence-electron chi connectivity index (χ4n) is 3.92. The van der Waals surface area contributed by atoms with E-state index in [0.717, 1.165) is 39.0 Å². The van der Waals surface area contributed by atoms with E-state index in [-0.39, 0.29) is 11.9 Å². The van der Waals surface area contributed by atoms with Gasteiger partial charge in [0.05, 0.1) is 6.04 Å². The quantitative estimate of drug-likeness (QED) is 0.863. The molecule has 4 nitrogen and oxygen atoms in total. The number of para-hydroxylation sites is 1. The number of rotatable bonds is 4. The average Bonchev–Trinajstić information content (AvgIpc) is 2.90. The van der Waals surface area contributed by atoms with Crippen molar-refractivity contribution in [2.75, 3.05) is 31.1 Å². The smallest absolute Gasteiger partial charge is 0.237 e. The second-order valence-corrected chi connectivity index (χ2v) is 7.23. The first-order valence-electron chi connectivity index (χ1n) is 9.58. The maximum atomic E-state index is 12.6. The van der Waals surface area contributed by atoms with Gasteiger partial charge in [0, 0.05) is 37.9 Å². The van der Waals surface area contributed by atoms with Gasteiger partial charge in [-0.3, -0.25) is 9.69 Å². The van der Waals surface area contributed by atoms with Gasteiger partial charge in [-0.05, 0) is 31.9 Å². The standard InChI is InChI=1S/C20H31N3O/c1-17(20(24)21-18-9-5-2-3-6-10-18)22-13-15-23(16-14-22)19-11-7-4-8-12-19/h4,7-8,11-12,17-18H,2-3,5-6,9-10,13-16H2,1H3,(H,21,24)/t17-/m0/s1. The fraction of sp³-hybridized carbons (Fsp3) is 0.650. The van der Waals surface area contributed by atoms with Crippen molar-refractivity contribution in [3.63, 3.8) is 0 Å². The molecule has 1 amide bonds. The number of nitrogens with one attached hydrogen (secondary N) is 1. The summed E-state index contributed by atoms with van der Waals surface area (Å²) in [6.45, 7) is 5.95. The van der Waals surface area contributed by atoms with Gasteiger partial charge < -0.3 is 10.2 Å². The van der Waals surface area contributed by atoms with Gasteiger partial charge in [0.15, 0.2) is 0 Å². The van der Waals surface area contributed by atoms with E-state index in [9.17, 15) is 4.79 Å². The van der Waals surface area contributed by atoms with E-state index in [1.165, 1.54) is 31.4 Å². The SMILES string of the molecule is C[C@@H](C(=O)NC1CCCCCC1)N1CCN(c2ccccc2)CC1. The summed E-state index contributed by atoms with van der Waals surface area (Å²) < 4.78 is 0. The van der Waals surface area contributed by atoms with Crippen LogP contribution >= 0.6 is 0 Å². The van der Waals surface area contributed by atoms with Gasteiger partial charge in [-0.2, -0.15) is 0 Å². The summed E-state index contributed by atoms with van der Waals surface area (Å²) in [5.74, 6) is 0.218. The Hall–Kier alpha value is -1.55. The molecule has 2 aliphatic rings. The number of piperazine rings is 1. The van der Waals surface area contributed by atoms with Gasteiger partial charge >= 0.3 is 0 Å². The van der Waals surface area contributed by atoms with Gasteiger partial charge in [-0.1, -0.05) is 43.9 Å². The molecule has 2 fully saturated rings. The summed E-state index contributed by atoms with van der Waals surface area (Å²) in [6.07, 6.45) is 7.47. The summed E-state index contributed by atoms with van der Waals surface area (Å²) in [5, 5.41) is 3.30. The van der Waals surface area contributed by atoms with Crippen LogP contribution in [0.1, 0.15) is 45.4 Å². The molecule has 4 heteroatoms. The zero-order valence-corrected chi connectivity index (χ0v) is 14.9. The Morgan fingerprint density at radius 1 is 1.00 bits per heavy atom. The van der Waals surface area contributed by atoms with E-state index in [1.807, 2.05) is 0 Å². The van der Waals surface area contributed by atoms with Crippen LogP contribution in [-0.4, -0.2) is 49.1 Å². The zero-order chi connectivity index (χ0) is 16.8. The molecule has 1 heterocycles. The van der Waals surface area contributed by atoms with Crippen LogP contribution in [0.2, 0.25) is 0 Å². The summed E-state index contributed by atoms with van der Waals surface area (Å²) >= 11 is 0. The van der Waals surface area contributed by atoms with E-state index in [1.54, 1.807) is 0 Å². The minimum Gasteiger partial charge on any atom is -0.369 e. The maximum Gasteiger partial charge on any atom is 0.237 e. The Balaban J connectivity index is 1.47. The Kier molecular flexibility index (Phi) is 6.13. The number of carbonyl (C=O) groups excluding carboxylic acids is 1. The molecule has 0 unspecified atom stereocenters. The van der Waals surface area contributed by atoms with Gasteiger partial charge in [0.25, 0.3) is 0 Å². The molecular weight excluding hydrogens is 298 g/mol. The van der Waals surface area contributed by atoms with Gasteiger partial charge in [-0.15, -0.1) is 0 Å². The molecule has 1 aliphatic carbocycles. The first kappa shape index (κ1) is 17.3. The largest absolute Gasteiger partial charge is 0.369 e. The Morgan fingerprint density at radius 2 is 1.62 bits per heavy atom. The molecule has 1 N–H and O–H groups in total. The Labute approximate surface area is 146 Å². The van der Waals surface area contributed by atoms with Gasteiger partial charge in [0.1, 0.15) is 0 Å². The van der Waals surface area contributed by atoms with Crippen molar-refractivity contribution in [3.8, 4) is 0 Å². The number of amides is 1. The van der Waals surface area contributed by atoms with Gasteiger partial charge in [0.2, 0.25) is 5.91 Å². The van der Waals surface area contributed by atoms with Crippen molar-refractivity contribution >= 4 is 11.6 Å². The molecule has 0 aromatic heterocycles. The van der Waals surface area contributed by atoms with Crippen LogP contribution in [-0.2, 0) is 4.79 Å². The highest BCUT2D eigenvalue weighted by Crippen LogP contribution is 2.19. The predicted molar refractivity (Wildman–Crippen MR) is 99.3 cm³/mol. The zero-order valence-electron chi connectivity index (χ0n) is 14.9. The number of benzene rings is 1. The van der Waals surface area contributed by atoms with Crippen molar-refractivity contribution in [2.24, 2.45) is 0 Å². The molecule has 1 atom stereocenters. The highest BCUT2D eigenvalue weighted by atomic mass is 16.2. The van der Waals surface area contributed by atoms with Crippen LogP contribution in [0.4, 0.5) is 5.69 Å². The van der Waals surface area contributed by atoms with Crippen LogP contribution < -0.4 is 10.2 Å². The lowest BCUT2D eigenvalue weighted by Crippen LogP contribution is -2.55. The molecule has 1 aromatic rings. The van der Waals surface area contributed by atoms with Crippen molar-refractivity contribution in [3.05, 3.63) is 30.3 Å². The first-order valence-corrected chi connectivity index (χ1v) is 9.58. The van der Waals surface area contributed by atoms with Crippen molar-refractivity contribution < 1.29 is 4.79 Å². The molecule has 0 radical (unpaired) electrons. The number of nitrogens with zero attached hydrogens (tertiary/aromatic N) is 2. The molecule has 24 heavy (non-hydrogen) atoms. The topological polar surface area (TPSA) is 35.6 Å². The van der Waals surface area contributed by atoms with Crippen LogP contribution in [0.25, 0.3) is 0 Å². The van der Waals surface area contributed by atoms with E-state index in [0.29, 0.717) is 6.04 Å². The molecule has 132 valence electrons. The Morgan fingerprint density at radius 3 is 2.25 bits per heavy atom. The van der Waals surface area contributed by atoms with Crippen LogP contribution in [0.5, 0.6) is 0 Å². The van der Waals surface area contributed by atoms with Crippen molar-refractivity contribution in [1.29, 1.82) is 0 Å². The lowest BCUT2D eigenvalue weighted by molar-refractivity contribution is -0.126. The monoisotopic (exact) mass is 329 g/mol. The van der Waals surface area contributed by atoms with E-state index in [4.69, 9.17) is 0 Å². The van der Waals surface area contributed by atoms with E-state index >= 15 is 0 Å². The third-order valence-corrected chi connectivity index (χ3v) is 5.56. The predicted octanol–water partition coefficient (Wildman–Crippen LogP) is 3.04. The molecule has 0 spiro atoms. The molecule has 1 saturated heterocycles. The van der Waals surface area contributed by atoms with Crippen LogP contribution in [0, 0.1) is 0 Å². The third-order valence-electron chi connectivity index (χ3n) is 5.56. The minimum atomic E-state index is -0.0221. The van der Waals surface area contributed by atoms with Crippen LogP contribution in [0.15, 0.2) is 30.3 Å². The highest BCUT2D eigenvalue weighted by Gasteiger charge is 2.27. The van der Waals surface area contributed by atoms with Gasteiger partial charge in [-0.25, -0.2) is 0 Å². The third kappa shape index (κ3) is 4.50. The number of anilines is 1. The molecular formula is C20H31N3O. The summed E-state index contributed by atoms with van der Waals surface area (Å²) in [6, 6.07) is 10.9. The number of hydrogen-bond donors (Lipinski definition) is 1. The number of carbonyl (C=O) groups is 1. The summed E-state index contributed by atoms with van der Waals surface area (Å²) in [4.78, 5) is 17.3. The van der Waals surface area contributed by atoms with Crippen molar-refractivity contribution in [2.45, 2.75) is 57.5 Å². The number of hydrogen-bond acceptors (Lipinski definition) is 3. The van der Waals surface area contributed by atoms with Crippen molar-refractivity contribution in [1.82, 2.24) is 10.2 Å². The molecule has 1 aromatic carbocycles. The first-order chi connectivity index (χ1) is 11.7. The molecule has 0 bridgehead atoms. The second-order valence-electron chi connectivity index (χ2n) is 7.23. The molecule has 3 rings (SSSR count). The minimum absolute atomic E-state index is 0.0221. The Bertz CT molecular complexity index is 503. The van der Waals surface area contributed by atoms with E-state index < -0.39 is 0 Å². The average molecular weight is 329 g/mol. The lowest BCUT2D eigenvalue weighted by Gasteiger charge is -2.38. The molecule has 1 saturated carbocycles. The summed E-state index contributed by atoms with van der Waals surface area (Å²) in [7, 11) is 0. The maximum absolute atomic E-state index is 12.6. The lowest BCUT2D eigenvalue weighted by atomic mass is 10.1.